The third-order valence-corrected chi connectivity index (χ3v) is 5.11. The van der Waals surface area contributed by atoms with Crippen LogP contribution in [0.25, 0.3) is 22.4 Å². The number of hydrogen-bond acceptors (Lipinski definition) is 7. The number of carbonyl (C=O) groups excluding carboxylic acids is 2. The Kier molecular flexibility index (Phi) is 7.13. The molecule has 1 unspecified atom stereocenters. The number of methoxy groups -OCH3 is 1. The molecule has 1 aliphatic rings. The number of rotatable bonds is 7. The summed E-state index contributed by atoms with van der Waals surface area (Å²) >= 11 is 0. The molecule has 4 rings (SSSR count). The molecule has 31 heavy (non-hydrogen) atoms. The Balaban J connectivity index is 0.00000272. The van der Waals surface area contributed by atoms with E-state index in [9.17, 15) is 9.59 Å². The van der Waals surface area contributed by atoms with E-state index in [1.807, 2.05) is 41.3 Å². The molecule has 1 aromatic carbocycles. The highest BCUT2D eigenvalue weighted by molar-refractivity contribution is 7.59. The van der Waals surface area contributed by atoms with Gasteiger partial charge in [0.1, 0.15) is 24.1 Å². The number of aromatic nitrogens is 3. The van der Waals surface area contributed by atoms with Crippen molar-refractivity contribution in [1.82, 2.24) is 15.0 Å². The summed E-state index contributed by atoms with van der Waals surface area (Å²) in [5.41, 5.74) is 7.88. The van der Waals surface area contributed by atoms with E-state index >= 15 is 0 Å². The average Bonchev–Trinajstić information content (AvgIpc) is 3.40. The first-order chi connectivity index (χ1) is 14.6. The number of nitrogens with zero attached hydrogens (tertiary/aromatic N) is 3. The van der Waals surface area contributed by atoms with Crippen molar-refractivity contribution in [2.75, 3.05) is 25.2 Å². The van der Waals surface area contributed by atoms with Crippen molar-refractivity contribution in [3.8, 4) is 11.4 Å². The number of aromatic amines is 1. The van der Waals surface area contributed by atoms with Crippen molar-refractivity contribution in [2.45, 2.75) is 25.5 Å². The Labute approximate surface area is 186 Å². The minimum Gasteiger partial charge on any atom is -0.467 e. The van der Waals surface area contributed by atoms with Crippen LogP contribution in [-0.4, -0.2) is 53.1 Å². The Hall–Kier alpha value is -3.11. The molecule has 0 aliphatic carbocycles. The van der Waals surface area contributed by atoms with Crippen LogP contribution in [0.15, 0.2) is 36.4 Å². The van der Waals surface area contributed by atoms with Crippen molar-refractivity contribution < 1.29 is 19.1 Å². The van der Waals surface area contributed by atoms with Crippen LogP contribution in [0.2, 0.25) is 0 Å². The zero-order valence-electron chi connectivity index (χ0n) is 17.1. The van der Waals surface area contributed by atoms with Gasteiger partial charge in [0.25, 0.3) is 0 Å². The third-order valence-electron chi connectivity index (χ3n) is 5.11. The fourth-order valence-electron chi connectivity index (χ4n) is 3.68. The zero-order chi connectivity index (χ0) is 21.1. The van der Waals surface area contributed by atoms with Gasteiger partial charge < -0.3 is 25.1 Å². The minimum atomic E-state index is -0.445. The predicted molar refractivity (Wildman–Crippen MR) is 121 cm³/mol. The summed E-state index contributed by atoms with van der Waals surface area (Å²) in [6, 6.07) is 11.1. The topological polar surface area (TPSA) is 123 Å². The van der Waals surface area contributed by atoms with Crippen LogP contribution in [0.3, 0.4) is 0 Å². The van der Waals surface area contributed by atoms with Gasteiger partial charge in [0.2, 0.25) is 5.91 Å². The summed E-state index contributed by atoms with van der Waals surface area (Å²) in [5, 5.41) is 0.777. The van der Waals surface area contributed by atoms with Gasteiger partial charge in [-0.1, -0.05) is 30.3 Å². The molecule has 0 radical (unpaired) electrons. The molecule has 1 fully saturated rings. The molecule has 3 N–H and O–H groups in total. The van der Waals surface area contributed by atoms with Gasteiger partial charge in [-0.25, -0.2) is 14.8 Å². The molecule has 9 nitrogen and oxygen atoms in total. The Morgan fingerprint density at radius 3 is 2.74 bits per heavy atom. The molecule has 3 heterocycles. The summed E-state index contributed by atoms with van der Waals surface area (Å²) in [5.74, 6) is 0.407. The number of H-pyrrole nitrogens is 1. The maximum Gasteiger partial charge on any atom is 0.331 e. The lowest BCUT2D eigenvalue weighted by Gasteiger charge is -2.24. The largest absolute Gasteiger partial charge is 0.467 e. The van der Waals surface area contributed by atoms with E-state index in [1.54, 1.807) is 0 Å². The monoisotopic (exact) mass is 443 g/mol. The van der Waals surface area contributed by atoms with Crippen LogP contribution in [0.4, 0.5) is 5.82 Å². The fourth-order valence-corrected chi connectivity index (χ4v) is 3.68. The van der Waals surface area contributed by atoms with Crippen LogP contribution < -0.4 is 10.6 Å². The number of carbonyl (C=O) groups is 2. The van der Waals surface area contributed by atoms with Gasteiger partial charge in [-0.15, -0.1) is 0 Å². The molecular formula is C21H25N5O4S. The number of fused-ring (bicyclic) bond motifs is 1. The second kappa shape index (κ2) is 9.80. The van der Waals surface area contributed by atoms with Crippen molar-refractivity contribution in [2.24, 2.45) is 5.73 Å². The van der Waals surface area contributed by atoms with Crippen molar-refractivity contribution in [3.63, 3.8) is 0 Å². The van der Waals surface area contributed by atoms with E-state index in [0.29, 0.717) is 30.3 Å². The highest BCUT2D eigenvalue weighted by Gasteiger charge is 2.32. The van der Waals surface area contributed by atoms with Crippen molar-refractivity contribution in [3.05, 3.63) is 42.1 Å². The first-order valence-corrected chi connectivity index (χ1v) is 9.72. The number of anilines is 1. The number of primary amides is 1. The number of benzene rings is 1. The van der Waals surface area contributed by atoms with Crippen molar-refractivity contribution >= 4 is 42.2 Å². The van der Waals surface area contributed by atoms with Crippen LogP contribution >= 0.6 is 13.5 Å². The van der Waals surface area contributed by atoms with Gasteiger partial charge in [-0.05, 0) is 18.9 Å². The average molecular weight is 444 g/mol. The second-order valence-corrected chi connectivity index (χ2v) is 7.12. The highest BCUT2D eigenvalue weighted by Crippen LogP contribution is 2.32. The zero-order valence-corrected chi connectivity index (χ0v) is 18.1. The van der Waals surface area contributed by atoms with Gasteiger partial charge in [0.05, 0.1) is 19.1 Å². The van der Waals surface area contributed by atoms with Crippen molar-refractivity contribution in [1.29, 1.82) is 0 Å². The van der Waals surface area contributed by atoms with E-state index in [-0.39, 0.29) is 32.6 Å². The lowest BCUT2D eigenvalue weighted by molar-refractivity contribution is -0.146. The minimum absolute atomic E-state index is 0. The molecule has 3 aromatic rings. The van der Waals surface area contributed by atoms with E-state index < -0.39 is 12.0 Å². The Bertz CT molecular complexity index is 1070. The SMILES string of the molecule is COC(=O)COCc1cc2c(N3CCCC3C(N)=O)nc(-c3ccccc3)nc2[nH]1.S. The smallest absolute Gasteiger partial charge is 0.331 e. The fraction of sp³-hybridized carbons (Fsp3) is 0.333. The maximum atomic E-state index is 12.0. The standard InChI is InChI=1S/C21H23N5O4.H2S/c1-29-17(27)12-30-11-14-10-15-20(23-14)24-19(13-6-3-2-4-7-13)25-21(15)26-9-5-8-16(26)18(22)28;/h2-4,6-7,10,16H,5,8-9,11-12H2,1H3,(H2,22,28)(H,23,24,25);1H2. The van der Waals surface area contributed by atoms with Crippen LogP contribution in [0.5, 0.6) is 0 Å². The summed E-state index contributed by atoms with van der Waals surface area (Å²) < 4.78 is 9.99. The molecule has 2 aromatic heterocycles. The second-order valence-electron chi connectivity index (χ2n) is 7.12. The Morgan fingerprint density at radius 1 is 1.26 bits per heavy atom. The normalized spacial score (nSPS) is 15.6. The molecule has 1 atom stereocenters. The molecular weight excluding hydrogens is 418 g/mol. The van der Waals surface area contributed by atoms with E-state index in [0.717, 1.165) is 23.1 Å². The number of amides is 1. The first kappa shape index (κ1) is 22.6. The quantitative estimate of drug-likeness (QED) is 0.534. The molecule has 1 aliphatic heterocycles. The van der Waals surface area contributed by atoms with E-state index in [1.165, 1.54) is 7.11 Å². The van der Waals surface area contributed by atoms with Gasteiger partial charge in [-0.2, -0.15) is 13.5 Å². The summed E-state index contributed by atoms with van der Waals surface area (Å²) in [6.07, 6.45) is 1.56. The molecule has 0 bridgehead atoms. The molecule has 0 spiro atoms. The number of hydrogen-bond donors (Lipinski definition) is 2. The number of esters is 1. The molecule has 1 saturated heterocycles. The molecule has 164 valence electrons. The maximum absolute atomic E-state index is 12.0. The van der Waals surface area contributed by atoms with Gasteiger partial charge in [0, 0.05) is 17.8 Å². The number of ether oxygens (including phenoxy) is 2. The Morgan fingerprint density at radius 2 is 2.03 bits per heavy atom. The summed E-state index contributed by atoms with van der Waals surface area (Å²) in [6.45, 7) is 0.730. The van der Waals surface area contributed by atoms with Crippen LogP contribution in [0.1, 0.15) is 18.5 Å². The summed E-state index contributed by atoms with van der Waals surface area (Å²) in [4.78, 5) is 37.9. The van der Waals surface area contributed by atoms with E-state index in [4.69, 9.17) is 15.5 Å². The number of nitrogens with two attached hydrogens (primary N) is 1. The highest BCUT2D eigenvalue weighted by atomic mass is 32.1. The lowest BCUT2D eigenvalue weighted by atomic mass is 10.2. The van der Waals surface area contributed by atoms with Gasteiger partial charge in [-0.3, -0.25) is 4.79 Å². The lowest BCUT2D eigenvalue weighted by Crippen LogP contribution is -2.40. The summed E-state index contributed by atoms with van der Waals surface area (Å²) in [7, 11) is 1.31. The molecule has 0 saturated carbocycles. The number of nitrogens with one attached hydrogen (secondary N) is 1. The third kappa shape index (κ3) is 4.80. The van der Waals surface area contributed by atoms with Crippen LogP contribution in [-0.2, 0) is 25.7 Å². The van der Waals surface area contributed by atoms with Crippen LogP contribution in [0, 0.1) is 0 Å². The van der Waals surface area contributed by atoms with Gasteiger partial charge in [0.15, 0.2) is 5.82 Å². The van der Waals surface area contributed by atoms with E-state index in [2.05, 4.69) is 14.7 Å². The molecule has 10 heteroatoms. The van der Waals surface area contributed by atoms with Gasteiger partial charge >= 0.3 is 5.97 Å². The predicted octanol–water partition coefficient (Wildman–Crippen LogP) is 1.88. The first-order valence-electron chi connectivity index (χ1n) is 9.72. The molecule has 1 amide bonds.